The van der Waals surface area contributed by atoms with Crippen LogP contribution >= 0.6 is 0 Å². The number of methoxy groups -OCH3 is 4. The number of aromatic nitrogens is 6. The number of nitrogens with two attached hydrogens (primary N) is 2. The molecule has 16 nitrogen and oxygen atoms in total. The van der Waals surface area contributed by atoms with Gasteiger partial charge in [0.25, 0.3) is 0 Å². The van der Waals surface area contributed by atoms with Gasteiger partial charge in [0.05, 0.1) is 71.8 Å². The molecule has 0 unspecified atom stereocenters. The molecular weight excluding hydrogens is 817 g/mol. The highest BCUT2D eigenvalue weighted by atomic mass is 16.5. The van der Waals surface area contributed by atoms with E-state index in [9.17, 15) is 9.59 Å². The van der Waals surface area contributed by atoms with Gasteiger partial charge in [0.15, 0.2) is 0 Å². The van der Waals surface area contributed by atoms with E-state index in [0.29, 0.717) is 48.9 Å². The van der Waals surface area contributed by atoms with Crippen molar-refractivity contribution in [3.05, 3.63) is 118 Å². The summed E-state index contributed by atoms with van der Waals surface area (Å²) in [6.07, 6.45) is 7.58. The van der Waals surface area contributed by atoms with E-state index < -0.39 is 11.1 Å². The second-order valence-corrected chi connectivity index (χ2v) is 17.1. The monoisotopic (exact) mass is 872 g/mol. The summed E-state index contributed by atoms with van der Waals surface area (Å²) in [6, 6.07) is 11.3. The first kappa shape index (κ1) is 45.8. The van der Waals surface area contributed by atoms with Gasteiger partial charge in [-0.15, -0.1) is 0 Å². The van der Waals surface area contributed by atoms with Gasteiger partial charge in [0.2, 0.25) is 11.8 Å². The Bertz CT molecular complexity index is 2540. The van der Waals surface area contributed by atoms with Crippen LogP contribution in [-0.4, -0.2) is 95.7 Å². The Morgan fingerprint density at radius 1 is 0.562 bits per heavy atom. The normalized spacial score (nSPS) is 19.9. The van der Waals surface area contributed by atoms with Gasteiger partial charge in [0.1, 0.15) is 12.2 Å². The molecule has 0 bridgehead atoms. The summed E-state index contributed by atoms with van der Waals surface area (Å²) >= 11 is 0. The summed E-state index contributed by atoms with van der Waals surface area (Å²) < 4.78 is 32.3. The fourth-order valence-electron chi connectivity index (χ4n) is 8.25. The molecule has 0 radical (unpaired) electrons. The standard InChI is InChI=1S/2C24H28N4O4/c2*1-13-14(2)32-23(29)17-7-6-15(28-21(13)17)8-16-9-18-19(10-26-16)22(31-5)27-11-20(18)24(3,25)12-30-4/h2*6-7,9-11,13-14H,8,12,25H2,1-5H3/t13-,14-,24+;13-,14-,24-/m00/s1. The van der Waals surface area contributed by atoms with E-state index in [1.54, 1.807) is 65.4 Å². The Morgan fingerprint density at radius 3 is 1.31 bits per heavy atom. The largest absolute Gasteiger partial charge is 0.481 e. The minimum atomic E-state index is -0.735. The molecule has 0 amide bonds. The van der Waals surface area contributed by atoms with Crippen LogP contribution in [0.15, 0.2) is 61.2 Å². The smallest absolute Gasteiger partial charge is 0.340 e. The fraction of sp³-hybridized carbons (Fsp3) is 0.417. The number of hydrogen-bond donors (Lipinski definition) is 2. The SMILES string of the molecule is COC[C@@](C)(N)c1cnc(OC)c2cnc(Cc3ccc4c(n3)[C@@H](C)[C@H](C)OC4=O)cc12.COC[C@](C)(N)c1cnc(OC)c2cnc(Cc3ccc4c(n3)[C@@H](C)[C@H](C)OC4=O)cc12. The lowest BCUT2D eigenvalue weighted by molar-refractivity contribution is 0.0225. The predicted molar refractivity (Wildman–Crippen MR) is 240 cm³/mol. The number of hydrogen-bond acceptors (Lipinski definition) is 16. The number of fused-ring (bicyclic) bond motifs is 4. The van der Waals surface area contributed by atoms with Crippen LogP contribution in [0, 0.1) is 0 Å². The van der Waals surface area contributed by atoms with Gasteiger partial charge in [-0.25, -0.2) is 19.6 Å². The molecule has 6 aromatic heterocycles. The molecule has 6 aromatic rings. The molecule has 0 aromatic carbocycles. The van der Waals surface area contributed by atoms with Crippen molar-refractivity contribution in [1.82, 2.24) is 29.9 Å². The highest BCUT2D eigenvalue weighted by Crippen LogP contribution is 2.35. The van der Waals surface area contributed by atoms with E-state index in [4.69, 9.17) is 49.9 Å². The number of ether oxygens (including phenoxy) is 6. The Labute approximate surface area is 372 Å². The zero-order chi connectivity index (χ0) is 46.1. The number of pyridine rings is 6. The maximum absolute atomic E-state index is 12.2. The van der Waals surface area contributed by atoms with Crippen molar-refractivity contribution in [3.8, 4) is 11.8 Å². The fourth-order valence-corrected chi connectivity index (χ4v) is 8.25. The van der Waals surface area contributed by atoms with Gasteiger partial charge in [-0.3, -0.25) is 19.9 Å². The molecule has 0 spiro atoms. The van der Waals surface area contributed by atoms with Gasteiger partial charge in [-0.2, -0.15) is 0 Å². The second-order valence-electron chi connectivity index (χ2n) is 17.1. The van der Waals surface area contributed by atoms with Crippen LogP contribution in [0.2, 0.25) is 0 Å². The van der Waals surface area contributed by atoms with Crippen LogP contribution in [0.25, 0.3) is 21.5 Å². The lowest BCUT2D eigenvalue weighted by Gasteiger charge is -2.27. The van der Waals surface area contributed by atoms with E-state index >= 15 is 0 Å². The van der Waals surface area contributed by atoms with Crippen molar-refractivity contribution in [3.63, 3.8) is 0 Å². The number of carbonyl (C=O) groups excluding carboxylic acids is 2. The Balaban J connectivity index is 0.000000191. The summed E-state index contributed by atoms with van der Waals surface area (Å²) in [5, 5.41) is 3.38. The van der Waals surface area contributed by atoms with Gasteiger partial charge in [-0.1, -0.05) is 13.8 Å². The van der Waals surface area contributed by atoms with E-state index in [0.717, 1.165) is 66.8 Å². The molecule has 16 heteroatoms. The predicted octanol–water partition coefficient (Wildman–Crippen LogP) is 6.21. The van der Waals surface area contributed by atoms with E-state index in [1.807, 2.05) is 65.8 Å². The summed E-state index contributed by atoms with van der Waals surface area (Å²) in [6.45, 7) is 12.3. The molecule has 0 saturated heterocycles. The van der Waals surface area contributed by atoms with E-state index in [1.165, 1.54) is 0 Å². The van der Waals surface area contributed by atoms with Crippen molar-refractivity contribution in [2.75, 3.05) is 41.7 Å². The molecule has 0 saturated carbocycles. The van der Waals surface area contributed by atoms with Gasteiger partial charge < -0.3 is 39.9 Å². The minimum absolute atomic E-state index is 0.0288. The zero-order valence-corrected chi connectivity index (χ0v) is 38.0. The molecule has 64 heavy (non-hydrogen) atoms. The van der Waals surface area contributed by atoms with Crippen LogP contribution in [0.5, 0.6) is 11.8 Å². The average molecular weight is 873 g/mol. The summed E-state index contributed by atoms with van der Waals surface area (Å²) in [7, 11) is 6.40. The summed E-state index contributed by atoms with van der Waals surface area (Å²) in [4.78, 5) is 52.0. The second kappa shape index (κ2) is 18.5. The first-order valence-corrected chi connectivity index (χ1v) is 21.1. The third-order valence-electron chi connectivity index (χ3n) is 12.1. The van der Waals surface area contributed by atoms with Gasteiger partial charge in [0, 0.05) is 97.6 Å². The maximum Gasteiger partial charge on any atom is 0.340 e. The van der Waals surface area contributed by atoms with Crippen LogP contribution in [0.4, 0.5) is 0 Å². The molecule has 6 atom stereocenters. The Morgan fingerprint density at radius 2 is 0.953 bits per heavy atom. The van der Waals surface area contributed by atoms with Gasteiger partial charge in [-0.05, 0) is 74.9 Å². The van der Waals surface area contributed by atoms with E-state index in [-0.39, 0.29) is 36.0 Å². The molecule has 4 N–H and O–H groups in total. The number of rotatable bonds is 12. The zero-order valence-electron chi connectivity index (χ0n) is 38.0. The van der Waals surface area contributed by atoms with Crippen molar-refractivity contribution in [2.24, 2.45) is 11.5 Å². The summed E-state index contributed by atoms with van der Waals surface area (Å²) in [5.41, 5.74) is 19.2. The number of esters is 2. The molecule has 8 heterocycles. The molecular formula is C48H56N8O8. The number of nitrogens with zero attached hydrogens (tertiary/aromatic N) is 6. The minimum Gasteiger partial charge on any atom is -0.481 e. The molecule has 0 aliphatic carbocycles. The molecule has 2 aliphatic heterocycles. The van der Waals surface area contributed by atoms with E-state index in [2.05, 4.69) is 19.9 Å². The lowest BCUT2D eigenvalue weighted by atomic mass is 9.91. The van der Waals surface area contributed by atoms with Crippen LogP contribution in [-0.2, 0) is 42.9 Å². The quantitative estimate of drug-likeness (QED) is 0.131. The number of cyclic esters (lactones) is 2. The van der Waals surface area contributed by atoms with Crippen LogP contribution in [0.3, 0.4) is 0 Å². The van der Waals surface area contributed by atoms with Gasteiger partial charge >= 0.3 is 11.9 Å². The molecule has 8 rings (SSSR count). The first-order chi connectivity index (χ1) is 30.5. The molecule has 0 fully saturated rings. The molecule has 336 valence electrons. The average Bonchev–Trinajstić information content (AvgIpc) is 3.26. The van der Waals surface area contributed by atoms with Crippen molar-refractivity contribution in [2.45, 2.75) is 89.5 Å². The lowest BCUT2D eigenvalue weighted by Crippen LogP contribution is -2.38. The first-order valence-electron chi connectivity index (χ1n) is 21.1. The Hall–Kier alpha value is -6.20. The molecule has 2 aliphatic rings. The highest BCUT2D eigenvalue weighted by molar-refractivity contribution is 5.93. The van der Waals surface area contributed by atoms with Crippen molar-refractivity contribution in [1.29, 1.82) is 0 Å². The Kier molecular flexibility index (Phi) is 13.2. The topological polar surface area (TPSA) is 219 Å². The summed E-state index contributed by atoms with van der Waals surface area (Å²) in [5.74, 6) is 0.395. The van der Waals surface area contributed by atoms with Crippen LogP contribution < -0.4 is 20.9 Å². The third kappa shape index (κ3) is 9.09. The van der Waals surface area contributed by atoms with Crippen molar-refractivity contribution >= 4 is 33.5 Å². The third-order valence-corrected chi connectivity index (χ3v) is 12.1. The number of carbonyl (C=O) groups is 2. The van der Waals surface area contributed by atoms with Crippen molar-refractivity contribution < 1.29 is 38.0 Å². The highest BCUT2D eigenvalue weighted by Gasteiger charge is 2.33. The maximum atomic E-state index is 12.2. The van der Waals surface area contributed by atoms with Crippen LogP contribution in [0.1, 0.15) is 119 Å².